The number of hydrogen-bond donors (Lipinski definition) is 0. The van der Waals surface area contributed by atoms with Crippen molar-refractivity contribution in [3.63, 3.8) is 0 Å². The summed E-state index contributed by atoms with van der Waals surface area (Å²) < 4.78 is 5.92. The van der Waals surface area contributed by atoms with Crippen LogP contribution in [0.25, 0.3) is 0 Å². The maximum atomic E-state index is 13.5. The van der Waals surface area contributed by atoms with Crippen molar-refractivity contribution in [2.45, 2.75) is 37.8 Å². The van der Waals surface area contributed by atoms with Crippen LogP contribution >= 0.6 is 0 Å². The van der Waals surface area contributed by atoms with Gasteiger partial charge in [0, 0.05) is 51.1 Å². The Bertz CT molecular complexity index is 803. The summed E-state index contributed by atoms with van der Waals surface area (Å²) in [6.07, 6.45) is 7.72. The van der Waals surface area contributed by atoms with Crippen LogP contribution in [-0.2, 0) is 9.59 Å². The lowest BCUT2D eigenvalue weighted by atomic mass is 9.71. The number of nitrogens with zero attached hydrogens (tertiary/aromatic N) is 3. The molecule has 0 N–H and O–H groups in total. The van der Waals surface area contributed by atoms with Gasteiger partial charge in [0.1, 0.15) is 18.4 Å². The summed E-state index contributed by atoms with van der Waals surface area (Å²) >= 11 is 0. The van der Waals surface area contributed by atoms with E-state index in [1.807, 2.05) is 52.3 Å². The van der Waals surface area contributed by atoms with Crippen LogP contribution in [0, 0.1) is 11.8 Å². The Morgan fingerprint density at radius 2 is 1.83 bits per heavy atom. The Kier molecular flexibility index (Phi) is 5.50. The first-order valence-electron chi connectivity index (χ1n) is 11.4. The molecule has 3 saturated heterocycles. The zero-order valence-corrected chi connectivity index (χ0v) is 17.5. The Morgan fingerprint density at radius 3 is 2.63 bits per heavy atom. The lowest BCUT2D eigenvalue weighted by Crippen LogP contribution is -2.68. The lowest BCUT2D eigenvalue weighted by Gasteiger charge is -2.56. The van der Waals surface area contributed by atoms with Crippen LogP contribution < -0.4 is 4.74 Å². The summed E-state index contributed by atoms with van der Waals surface area (Å²) in [5.41, 5.74) is 0. The fraction of sp³-hybridized carbons (Fsp3) is 0.583. The standard InChI is InChI=1S/C24H31N3O3/c28-22-10-6-9-21-18-15-19(23(27(21)22)24(29)26-11-4-5-12-26)17-25(16-18)13-14-30-20-7-2-1-3-8-20/h1-5,7-8,18-19,21,23H,6,9-17H2/t18-,19+,21-,23+/m0/s1. The monoisotopic (exact) mass is 409 g/mol. The third-order valence-electron chi connectivity index (χ3n) is 7.22. The molecular formula is C24H31N3O3. The summed E-state index contributed by atoms with van der Waals surface area (Å²) in [5, 5.41) is 0. The number of hydrogen-bond acceptors (Lipinski definition) is 4. The van der Waals surface area contributed by atoms with Crippen LogP contribution in [0.3, 0.4) is 0 Å². The van der Waals surface area contributed by atoms with Gasteiger partial charge in [0.05, 0.1) is 0 Å². The second kappa shape index (κ2) is 8.42. The number of fused-ring (bicyclic) bond motifs is 4. The molecule has 6 nitrogen and oxygen atoms in total. The van der Waals surface area contributed by atoms with Crippen molar-refractivity contribution in [1.82, 2.24) is 14.7 Å². The van der Waals surface area contributed by atoms with Crippen molar-refractivity contribution >= 4 is 11.8 Å². The molecule has 6 heteroatoms. The highest BCUT2D eigenvalue weighted by Gasteiger charge is 2.52. The molecule has 160 valence electrons. The molecule has 4 heterocycles. The number of amides is 2. The second-order valence-corrected chi connectivity index (χ2v) is 9.10. The van der Waals surface area contributed by atoms with E-state index in [-0.39, 0.29) is 29.8 Å². The van der Waals surface area contributed by atoms with Gasteiger partial charge in [-0.05, 0) is 37.3 Å². The van der Waals surface area contributed by atoms with Crippen molar-refractivity contribution in [3.8, 4) is 5.75 Å². The third-order valence-corrected chi connectivity index (χ3v) is 7.22. The molecule has 3 fully saturated rings. The number of rotatable bonds is 5. The molecule has 0 spiro atoms. The highest BCUT2D eigenvalue weighted by Crippen LogP contribution is 2.42. The highest BCUT2D eigenvalue weighted by molar-refractivity contribution is 5.89. The Morgan fingerprint density at radius 1 is 1.07 bits per heavy atom. The fourth-order valence-corrected chi connectivity index (χ4v) is 5.91. The minimum Gasteiger partial charge on any atom is -0.492 e. The van der Waals surface area contributed by atoms with E-state index in [0.717, 1.165) is 44.6 Å². The molecule has 2 bridgehead atoms. The van der Waals surface area contributed by atoms with Gasteiger partial charge in [-0.25, -0.2) is 0 Å². The molecule has 4 atom stereocenters. The normalized spacial score (nSPS) is 31.0. The number of para-hydroxylation sites is 1. The first kappa shape index (κ1) is 19.6. The van der Waals surface area contributed by atoms with Gasteiger partial charge in [0.15, 0.2) is 0 Å². The zero-order chi connectivity index (χ0) is 20.5. The van der Waals surface area contributed by atoms with E-state index in [2.05, 4.69) is 4.90 Å². The molecule has 0 radical (unpaired) electrons. The maximum absolute atomic E-state index is 13.5. The average Bonchev–Trinajstić information content (AvgIpc) is 3.30. The number of piperidine rings is 3. The van der Waals surface area contributed by atoms with Gasteiger partial charge in [-0.2, -0.15) is 0 Å². The Hall–Kier alpha value is -2.34. The van der Waals surface area contributed by atoms with Crippen molar-refractivity contribution in [1.29, 1.82) is 0 Å². The number of carbonyl (C=O) groups is 2. The van der Waals surface area contributed by atoms with Gasteiger partial charge in [-0.1, -0.05) is 30.4 Å². The van der Waals surface area contributed by atoms with E-state index in [4.69, 9.17) is 4.74 Å². The molecule has 0 aromatic heterocycles. The minimum absolute atomic E-state index is 0.145. The topological polar surface area (TPSA) is 53.1 Å². The second-order valence-electron chi connectivity index (χ2n) is 9.10. The Balaban J connectivity index is 1.30. The molecule has 0 aliphatic carbocycles. The summed E-state index contributed by atoms with van der Waals surface area (Å²) in [4.78, 5) is 32.7. The van der Waals surface area contributed by atoms with Crippen LogP contribution in [0.4, 0.5) is 0 Å². The molecule has 0 unspecified atom stereocenters. The molecule has 1 aromatic carbocycles. The van der Waals surface area contributed by atoms with Gasteiger partial charge in [0.25, 0.3) is 0 Å². The molecule has 4 aliphatic rings. The fourth-order valence-electron chi connectivity index (χ4n) is 5.91. The average molecular weight is 410 g/mol. The van der Waals surface area contributed by atoms with Gasteiger partial charge in [-0.15, -0.1) is 0 Å². The summed E-state index contributed by atoms with van der Waals surface area (Å²) in [6, 6.07) is 9.84. The van der Waals surface area contributed by atoms with Crippen LogP contribution in [0.15, 0.2) is 42.5 Å². The molecular weight excluding hydrogens is 378 g/mol. The minimum atomic E-state index is -0.295. The molecule has 4 aliphatic heterocycles. The predicted octanol–water partition coefficient (Wildman–Crippen LogP) is 2.17. The van der Waals surface area contributed by atoms with Crippen molar-refractivity contribution in [3.05, 3.63) is 42.5 Å². The smallest absolute Gasteiger partial charge is 0.246 e. The first-order chi connectivity index (χ1) is 14.7. The molecule has 0 saturated carbocycles. The van der Waals surface area contributed by atoms with Crippen molar-refractivity contribution < 1.29 is 14.3 Å². The van der Waals surface area contributed by atoms with Gasteiger partial charge < -0.3 is 14.5 Å². The first-order valence-corrected chi connectivity index (χ1v) is 11.4. The summed E-state index contributed by atoms with van der Waals surface area (Å²) in [6.45, 7) is 4.71. The highest BCUT2D eigenvalue weighted by atomic mass is 16.5. The number of carbonyl (C=O) groups excluding carboxylic acids is 2. The van der Waals surface area contributed by atoms with E-state index < -0.39 is 0 Å². The van der Waals surface area contributed by atoms with Crippen LogP contribution in [0.5, 0.6) is 5.75 Å². The van der Waals surface area contributed by atoms with Crippen LogP contribution in [-0.4, -0.2) is 77.9 Å². The number of likely N-dealkylation sites (tertiary alicyclic amines) is 1. The number of benzene rings is 1. The van der Waals surface area contributed by atoms with Crippen molar-refractivity contribution in [2.75, 3.05) is 39.3 Å². The van der Waals surface area contributed by atoms with E-state index in [1.165, 1.54) is 0 Å². The summed E-state index contributed by atoms with van der Waals surface area (Å²) in [7, 11) is 0. The number of ether oxygens (including phenoxy) is 1. The Labute approximate surface area is 178 Å². The van der Waals surface area contributed by atoms with E-state index in [9.17, 15) is 9.59 Å². The van der Waals surface area contributed by atoms with Gasteiger partial charge in [-0.3, -0.25) is 14.5 Å². The summed E-state index contributed by atoms with van der Waals surface area (Å²) in [5.74, 6) is 1.91. The quantitative estimate of drug-likeness (QED) is 0.700. The molecule has 30 heavy (non-hydrogen) atoms. The predicted molar refractivity (Wildman–Crippen MR) is 114 cm³/mol. The van der Waals surface area contributed by atoms with E-state index >= 15 is 0 Å². The molecule has 1 aromatic rings. The van der Waals surface area contributed by atoms with Crippen LogP contribution in [0.1, 0.15) is 25.7 Å². The van der Waals surface area contributed by atoms with Gasteiger partial charge >= 0.3 is 0 Å². The SMILES string of the molecule is O=C([C@H]1[C@@H]2C[C@@H](CN(CCOc3ccccc3)C2)[C@@H]2CCCC(=O)N21)N1CC=CC1. The van der Waals surface area contributed by atoms with E-state index in [1.54, 1.807) is 0 Å². The third kappa shape index (κ3) is 3.73. The largest absolute Gasteiger partial charge is 0.492 e. The zero-order valence-electron chi connectivity index (χ0n) is 17.5. The van der Waals surface area contributed by atoms with Gasteiger partial charge in [0.2, 0.25) is 11.8 Å². The maximum Gasteiger partial charge on any atom is 0.246 e. The van der Waals surface area contributed by atoms with Crippen molar-refractivity contribution in [2.24, 2.45) is 11.8 Å². The lowest BCUT2D eigenvalue weighted by molar-refractivity contribution is -0.164. The molecule has 5 rings (SSSR count). The van der Waals surface area contributed by atoms with Crippen LogP contribution in [0.2, 0.25) is 0 Å². The molecule has 2 amide bonds. The van der Waals surface area contributed by atoms with E-state index in [0.29, 0.717) is 32.0 Å².